The summed E-state index contributed by atoms with van der Waals surface area (Å²) < 4.78 is 1.52. The lowest BCUT2D eigenvalue weighted by molar-refractivity contribution is -0.113. The van der Waals surface area contributed by atoms with E-state index in [9.17, 15) is 9.59 Å². The number of nitrogens with zero attached hydrogens (tertiary/aromatic N) is 2. The van der Waals surface area contributed by atoms with Crippen molar-refractivity contribution in [1.29, 1.82) is 0 Å². The Hall–Kier alpha value is -2.80. The summed E-state index contributed by atoms with van der Waals surface area (Å²) >= 11 is 13.4. The molecule has 0 radical (unpaired) electrons. The molecule has 156 valence electrons. The molecule has 0 saturated heterocycles. The topological polar surface area (TPSA) is 64.0 Å². The number of hydrogen-bond donors (Lipinski definition) is 1. The van der Waals surface area contributed by atoms with Crippen LogP contribution in [0.2, 0.25) is 10.0 Å². The van der Waals surface area contributed by atoms with Crippen molar-refractivity contribution in [2.45, 2.75) is 12.1 Å². The van der Waals surface area contributed by atoms with Gasteiger partial charge in [0, 0.05) is 5.02 Å². The third-order valence-electron chi connectivity index (χ3n) is 4.57. The monoisotopic (exact) mass is 469 g/mol. The molecular weight excluding hydrogens is 453 g/mol. The molecule has 0 saturated carbocycles. The van der Waals surface area contributed by atoms with Gasteiger partial charge in [-0.3, -0.25) is 14.2 Å². The predicted octanol–water partition coefficient (Wildman–Crippen LogP) is 5.73. The molecule has 8 heteroatoms. The fourth-order valence-electron chi connectivity index (χ4n) is 3.04. The minimum atomic E-state index is -0.256. The van der Waals surface area contributed by atoms with E-state index in [1.165, 1.54) is 16.3 Å². The molecule has 3 aromatic carbocycles. The Morgan fingerprint density at radius 3 is 2.55 bits per heavy atom. The summed E-state index contributed by atoms with van der Waals surface area (Å²) in [6.45, 7) is 1.97. The molecule has 0 aliphatic heterocycles. The van der Waals surface area contributed by atoms with Gasteiger partial charge in [-0.15, -0.1) is 0 Å². The number of rotatable bonds is 5. The number of anilines is 1. The van der Waals surface area contributed by atoms with Gasteiger partial charge in [0.2, 0.25) is 5.91 Å². The number of benzene rings is 3. The third-order valence-corrected chi connectivity index (χ3v) is 6.08. The van der Waals surface area contributed by atoms with Gasteiger partial charge in [-0.1, -0.05) is 64.8 Å². The van der Waals surface area contributed by atoms with E-state index in [4.69, 9.17) is 23.2 Å². The van der Waals surface area contributed by atoms with Crippen LogP contribution in [0, 0.1) is 6.92 Å². The van der Waals surface area contributed by atoms with Crippen molar-refractivity contribution >= 4 is 57.5 Å². The largest absolute Gasteiger partial charge is 0.324 e. The SMILES string of the molecule is Cc1ccc(-n2c(SCC(=O)Nc3ccccc3Cl)nc3cc(Cl)ccc3c2=O)cc1. The van der Waals surface area contributed by atoms with Crippen LogP contribution in [0.15, 0.2) is 76.7 Å². The second-order valence-electron chi connectivity index (χ2n) is 6.85. The molecule has 0 aliphatic carbocycles. The molecular formula is C23H17Cl2N3O2S. The number of para-hydroxylation sites is 1. The highest BCUT2D eigenvalue weighted by Crippen LogP contribution is 2.25. The average molecular weight is 470 g/mol. The average Bonchev–Trinajstić information content (AvgIpc) is 2.75. The first-order valence-corrected chi connectivity index (χ1v) is 11.1. The smallest absolute Gasteiger partial charge is 0.266 e. The van der Waals surface area contributed by atoms with E-state index in [-0.39, 0.29) is 17.2 Å². The third kappa shape index (κ3) is 4.77. The minimum absolute atomic E-state index is 0.0512. The van der Waals surface area contributed by atoms with Crippen LogP contribution < -0.4 is 10.9 Å². The van der Waals surface area contributed by atoms with Crippen LogP contribution in [-0.4, -0.2) is 21.2 Å². The molecule has 0 spiro atoms. The fourth-order valence-corrected chi connectivity index (χ4v) is 4.20. The molecule has 0 unspecified atom stereocenters. The second kappa shape index (κ2) is 9.14. The molecule has 4 aromatic rings. The minimum Gasteiger partial charge on any atom is -0.324 e. The first kappa shape index (κ1) is 21.4. The lowest BCUT2D eigenvalue weighted by atomic mass is 10.2. The number of carbonyl (C=O) groups is 1. The van der Waals surface area contributed by atoms with Gasteiger partial charge in [-0.25, -0.2) is 4.98 Å². The van der Waals surface area contributed by atoms with Crippen LogP contribution >= 0.6 is 35.0 Å². The summed E-state index contributed by atoms with van der Waals surface area (Å²) in [6.07, 6.45) is 0. The van der Waals surface area contributed by atoms with Crippen molar-refractivity contribution in [3.63, 3.8) is 0 Å². The second-order valence-corrected chi connectivity index (χ2v) is 8.63. The highest BCUT2D eigenvalue weighted by atomic mass is 35.5. The zero-order chi connectivity index (χ0) is 22.0. The Labute approximate surface area is 193 Å². The van der Waals surface area contributed by atoms with Crippen LogP contribution in [-0.2, 0) is 4.79 Å². The number of thioether (sulfide) groups is 1. The van der Waals surface area contributed by atoms with Gasteiger partial charge in [-0.05, 0) is 49.4 Å². The molecule has 4 rings (SSSR count). The number of halogens is 2. The van der Waals surface area contributed by atoms with E-state index in [1.54, 1.807) is 42.5 Å². The first-order valence-electron chi connectivity index (χ1n) is 9.39. The summed E-state index contributed by atoms with van der Waals surface area (Å²) in [4.78, 5) is 30.4. The molecule has 0 atom stereocenters. The van der Waals surface area contributed by atoms with Gasteiger partial charge in [0.1, 0.15) is 0 Å². The van der Waals surface area contributed by atoms with Crippen LogP contribution in [0.25, 0.3) is 16.6 Å². The number of nitrogens with one attached hydrogen (secondary N) is 1. The van der Waals surface area contributed by atoms with Gasteiger partial charge in [0.05, 0.1) is 33.1 Å². The maximum atomic E-state index is 13.3. The molecule has 0 fully saturated rings. The summed E-state index contributed by atoms with van der Waals surface area (Å²) in [5, 5.41) is 4.58. The van der Waals surface area contributed by atoms with Crippen LogP contribution in [0.5, 0.6) is 0 Å². The first-order chi connectivity index (χ1) is 14.9. The van der Waals surface area contributed by atoms with Gasteiger partial charge in [0.25, 0.3) is 5.56 Å². The summed E-state index contributed by atoms with van der Waals surface area (Å²) in [5.74, 6) is -0.204. The summed E-state index contributed by atoms with van der Waals surface area (Å²) in [7, 11) is 0. The molecule has 0 aliphatic rings. The number of carbonyl (C=O) groups excluding carboxylic acids is 1. The Kier molecular flexibility index (Phi) is 6.32. The van der Waals surface area contributed by atoms with Crippen LogP contribution in [0.1, 0.15) is 5.56 Å². The number of fused-ring (bicyclic) bond motifs is 1. The number of hydrogen-bond acceptors (Lipinski definition) is 4. The van der Waals surface area contributed by atoms with Gasteiger partial charge >= 0.3 is 0 Å². The molecule has 1 heterocycles. The zero-order valence-electron chi connectivity index (χ0n) is 16.4. The van der Waals surface area contributed by atoms with Gasteiger partial charge in [0.15, 0.2) is 5.16 Å². The molecule has 5 nitrogen and oxygen atoms in total. The van der Waals surface area contributed by atoms with Crippen LogP contribution in [0.3, 0.4) is 0 Å². The molecule has 31 heavy (non-hydrogen) atoms. The van der Waals surface area contributed by atoms with E-state index in [0.717, 1.165) is 5.56 Å². The highest BCUT2D eigenvalue weighted by Gasteiger charge is 2.15. The van der Waals surface area contributed by atoms with Gasteiger partial charge in [-0.2, -0.15) is 0 Å². The normalized spacial score (nSPS) is 10.9. The maximum absolute atomic E-state index is 13.3. The van der Waals surface area contributed by atoms with Crippen molar-refractivity contribution in [3.8, 4) is 5.69 Å². The van der Waals surface area contributed by atoms with Crippen molar-refractivity contribution < 1.29 is 4.79 Å². The summed E-state index contributed by atoms with van der Waals surface area (Å²) in [6, 6.07) is 19.5. The Morgan fingerprint density at radius 2 is 1.81 bits per heavy atom. The standard InChI is InChI=1S/C23H17Cl2N3O2S/c1-14-6-9-16(10-7-14)28-22(30)17-11-8-15(24)12-20(17)27-23(28)31-13-21(29)26-19-5-3-2-4-18(19)25/h2-12H,13H2,1H3,(H,26,29). The predicted molar refractivity (Wildman–Crippen MR) is 128 cm³/mol. The van der Waals surface area contributed by atoms with E-state index in [2.05, 4.69) is 10.3 Å². The highest BCUT2D eigenvalue weighted by molar-refractivity contribution is 7.99. The Bertz CT molecular complexity index is 1340. The Balaban J connectivity index is 1.70. The van der Waals surface area contributed by atoms with E-state index < -0.39 is 0 Å². The quantitative estimate of drug-likeness (QED) is 0.299. The number of aromatic nitrogens is 2. The van der Waals surface area contributed by atoms with E-state index >= 15 is 0 Å². The van der Waals surface area contributed by atoms with Crippen molar-refractivity contribution in [2.75, 3.05) is 11.1 Å². The number of aryl methyl sites for hydroxylation is 1. The van der Waals surface area contributed by atoms with Crippen molar-refractivity contribution in [3.05, 3.63) is 92.7 Å². The molecule has 1 amide bonds. The van der Waals surface area contributed by atoms with E-state index in [0.29, 0.717) is 37.5 Å². The lowest BCUT2D eigenvalue weighted by Gasteiger charge is -2.14. The Morgan fingerprint density at radius 1 is 1.06 bits per heavy atom. The molecule has 1 aromatic heterocycles. The van der Waals surface area contributed by atoms with Gasteiger partial charge < -0.3 is 5.32 Å². The number of amides is 1. The van der Waals surface area contributed by atoms with Crippen LogP contribution in [0.4, 0.5) is 5.69 Å². The fraction of sp³-hybridized carbons (Fsp3) is 0.0870. The van der Waals surface area contributed by atoms with Crippen molar-refractivity contribution in [1.82, 2.24) is 9.55 Å². The lowest BCUT2D eigenvalue weighted by Crippen LogP contribution is -2.23. The maximum Gasteiger partial charge on any atom is 0.266 e. The van der Waals surface area contributed by atoms with E-state index in [1.807, 2.05) is 31.2 Å². The molecule has 0 bridgehead atoms. The van der Waals surface area contributed by atoms with Crippen molar-refractivity contribution in [2.24, 2.45) is 0 Å². The zero-order valence-corrected chi connectivity index (χ0v) is 18.8. The summed E-state index contributed by atoms with van der Waals surface area (Å²) in [5.41, 5.74) is 2.54. The molecule has 1 N–H and O–H groups in total.